The molecule has 1 fully saturated rings. The molecule has 0 saturated carbocycles. The first-order valence-corrected chi connectivity index (χ1v) is 9.16. The van der Waals surface area contributed by atoms with Crippen molar-refractivity contribution in [2.45, 2.75) is 19.5 Å². The number of anilines is 1. The zero-order chi connectivity index (χ0) is 17.6. The van der Waals surface area contributed by atoms with E-state index in [1.54, 1.807) is 0 Å². The third-order valence-corrected chi connectivity index (χ3v) is 4.80. The van der Waals surface area contributed by atoms with E-state index in [-0.39, 0.29) is 0 Å². The summed E-state index contributed by atoms with van der Waals surface area (Å²) in [6, 6.07) is 12.4. The molecule has 3 heterocycles. The van der Waals surface area contributed by atoms with E-state index < -0.39 is 0 Å². The lowest BCUT2D eigenvalue weighted by Crippen LogP contribution is -2.31. The van der Waals surface area contributed by atoms with Crippen LogP contribution in [0.3, 0.4) is 0 Å². The molecular formula is C20H24N6. The third-order valence-electron chi connectivity index (χ3n) is 4.80. The lowest BCUT2D eigenvalue weighted by atomic mass is 10.2. The van der Waals surface area contributed by atoms with Crippen molar-refractivity contribution in [2.24, 2.45) is 0 Å². The zero-order valence-electron chi connectivity index (χ0n) is 14.9. The van der Waals surface area contributed by atoms with Gasteiger partial charge in [0.1, 0.15) is 0 Å². The maximum absolute atomic E-state index is 4.39. The highest BCUT2D eigenvalue weighted by Gasteiger charge is 2.18. The fourth-order valence-corrected chi connectivity index (χ4v) is 3.41. The Balaban J connectivity index is 1.39. The molecule has 0 atom stereocenters. The smallest absolute Gasteiger partial charge is 0.225 e. The van der Waals surface area contributed by atoms with Gasteiger partial charge in [-0.05, 0) is 18.1 Å². The average Bonchev–Trinajstić information content (AvgIpc) is 2.98. The summed E-state index contributed by atoms with van der Waals surface area (Å²) in [6.07, 6.45) is 8.67. The number of imidazole rings is 1. The molecular weight excluding hydrogens is 324 g/mol. The van der Waals surface area contributed by atoms with Crippen LogP contribution in [0.15, 0.2) is 61.3 Å². The topological polar surface area (TPSA) is 50.1 Å². The molecule has 0 radical (unpaired) electrons. The van der Waals surface area contributed by atoms with Crippen molar-refractivity contribution >= 4 is 5.95 Å². The van der Waals surface area contributed by atoms with Crippen molar-refractivity contribution in [3.05, 3.63) is 72.6 Å². The molecule has 1 aliphatic rings. The van der Waals surface area contributed by atoms with E-state index in [2.05, 4.69) is 59.7 Å². The number of hydrogen-bond acceptors (Lipinski definition) is 5. The lowest BCUT2D eigenvalue weighted by molar-refractivity contribution is 0.278. The van der Waals surface area contributed by atoms with Gasteiger partial charge in [0.2, 0.25) is 5.95 Å². The van der Waals surface area contributed by atoms with Crippen molar-refractivity contribution in [2.75, 3.05) is 31.1 Å². The number of benzene rings is 1. The van der Waals surface area contributed by atoms with Crippen LogP contribution in [0.5, 0.6) is 0 Å². The third kappa shape index (κ3) is 4.08. The SMILES string of the molecule is c1ccc(Cn2cncc2CN2CCCN(c3ncccn3)CC2)cc1. The Morgan fingerprint density at radius 3 is 2.54 bits per heavy atom. The molecule has 0 bridgehead atoms. The van der Waals surface area contributed by atoms with Gasteiger partial charge in [0.25, 0.3) is 0 Å². The summed E-state index contributed by atoms with van der Waals surface area (Å²) in [5.41, 5.74) is 2.56. The molecule has 4 rings (SSSR count). The molecule has 1 saturated heterocycles. The molecule has 0 spiro atoms. The van der Waals surface area contributed by atoms with E-state index in [1.165, 1.54) is 11.3 Å². The lowest BCUT2D eigenvalue weighted by Gasteiger charge is -2.22. The summed E-state index contributed by atoms with van der Waals surface area (Å²) >= 11 is 0. The van der Waals surface area contributed by atoms with E-state index in [4.69, 9.17) is 0 Å². The quantitative estimate of drug-likeness (QED) is 0.709. The highest BCUT2D eigenvalue weighted by atomic mass is 15.3. The van der Waals surface area contributed by atoms with E-state index in [9.17, 15) is 0 Å². The van der Waals surface area contributed by atoms with Gasteiger partial charge in [0, 0.05) is 57.9 Å². The predicted octanol–water partition coefficient (Wildman–Crippen LogP) is 2.43. The maximum Gasteiger partial charge on any atom is 0.225 e. The molecule has 0 N–H and O–H groups in total. The van der Waals surface area contributed by atoms with Gasteiger partial charge in [-0.3, -0.25) is 4.90 Å². The van der Waals surface area contributed by atoms with Gasteiger partial charge < -0.3 is 9.47 Å². The molecule has 26 heavy (non-hydrogen) atoms. The summed E-state index contributed by atoms with van der Waals surface area (Å²) < 4.78 is 2.25. The van der Waals surface area contributed by atoms with Crippen LogP contribution in [-0.4, -0.2) is 50.6 Å². The molecule has 1 aliphatic heterocycles. The predicted molar refractivity (Wildman–Crippen MR) is 102 cm³/mol. The first-order valence-electron chi connectivity index (χ1n) is 9.16. The minimum atomic E-state index is 0.837. The molecule has 3 aromatic rings. The second-order valence-corrected chi connectivity index (χ2v) is 6.66. The van der Waals surface area contributed by atoms with Crippen molar-refractivity contribution in [3.8, 4) is 0 Å². The molecule has 0 amide bonds. The van der Waals surface area contributed by atoms with E-state index >= 15 is 0 Å². The largest absolute Gasteiger partial charge is 0.339 e. The van der Waals surface area contributed by atoms with Crippen LogP contribution in [-0.2, 0) is 13.1 Å². The second-order valence-electron chi connectivity index (χ2n) is 6.66. The molecule has 0 aliphatic carbocycles. The van der Waals surface area contributed by atoms with Gasteiger partial charge in [-0.2, -0.15) is 0 Å². The molecule has 6 heteroatoms. The first kappa shape index (κ1) is 16.7. The van der Waals surface area contributed by atoms with Crippen LogP contribution in [0.4, 0.5) is 5.95 Å². The van der Waals surface area contributed by atoms with Gasteiger partial charge in [-0.1, -0.05) is 30.3 Å². The number of hydrogen-bond donors (Lipinski definition) is 0. The van der Waals surface area contributed by atoms with Crippen LogP contribution in [0.25, 0.3) is 0 Å². The zero-order valence-corrected chi connectivity index (χ0v) is 14.9. The van der Waals surface area contributed by atoms with Crippen molar-refractivity contribution in [3.63, 3.8) is 0 Å². The molecule has 1 aromatic carbocycles. The minimum Gasteiger partial charge on any atom is -0.339 e. The Kier molecular flexibility index (Phi) is 5.21. The minimum absolute atomic E-state index is 0.837. The summed E-state index contributed by atoms with van der Waals surface area (Å²) in [7, 11) is 0. The number of rotatable bonds is 5. The Labute approximate surface area is 154 Å². The summed E-state index contributed by atoms with van der Waals surface area (Å²) in [5.74, 6) is 0.837. The Bertz CT molecular complexity index is 801. The Hall–Kier alpha value is -2.73. The second kappa shape index (κ2) is 8.10. The van der Waals surface area contributed by atoms with Crippen molar-refractivity contribution in [1.82, 2.24) is 24.4 Å². The van der Waals surface area contributed by atoms with Crippen molar-refractivity contribution < 1.29 is 0 Å². The van der Waals surface area contributed by atoms with Crippen LogP contribution in [0.1, 0.15) is 17.7 Å². The molecule has 2 aromatic heterocycles. The summed E-state index contributed by atoms with van der Waals surface area (Å²) in [5, 5.41) is 0. The van der Waals surface area contributed by atoms with Gasteiger partial charge in [-0.15, -0.1) is 0 Å². The molecule has 134 valence electrons. The number of nitrogens with zero attached hydrogens (tertiary/aromatic N) is 6. The van der Waals surface area contributed by atoms with E-state index in [0.717, 1.165) is 51.6 Å². The summed E-state index contributed by atoms with van der Waals surface area (Å²) in [4.78, 5) is 17.9. The average molecular weight is 348 g/mol. The fourth-order valence-electron chi connectivity index (χ4n) is 3.41. The molecule has 6 nitrogen and oxygen atoms in total. The van der Waals surface area contributed by atoms with Gasteiger partial charge in [0.05, 0.1) is 12.0 Å². The van der Waals surface area contributed by atoms with Gasteiger partial charge in [0.15, 0.2) is 0 Å². The highest BCUT2D eigenvalue weighted by Crippen LogP contribution is 2.13. The highest BCUT2D eigenvalue weighted by molar-refractivity contribution is 5.28. The normalized spacial score (nSPS) is 15.8. The Morgan fingerprint density at radius 1 is 0.846 bits per heavy atom. The van der Waals surface area contributed by atoms with E-state index in [0.29, 0.717) is 0 Å². The van der Waals surface area contributed by atoms with Crippen LogP contribution < -0.4 is 4.90 Å². The van der Waals surface area contributed by atoms with Crippen LogP contribution in [0.2, 0.25) is 0 Å². The summed E-state index contributed by atoms with van der Waals surface area (Å²) in [6.45, 7) is 5.85. The van der Waals surface area contributed by atoms with E-state index in [1.807, 2.05) is 31.0 Å². The Morgan fingerprint density at radius 2 is 1.69 bits per heavy atom. The van der Waals surface area contributed by atoms with Gasteiger partial charge >= 0.3 is 0 Å². The molecule has 0 unspecified atom stereocenters. The van der Waals surface area contributed by atoms with Crippen LogP contribution >= 0.6 is 0 Å². The standard InChI is InChI=1S/C20H24N6/c1-2-6-18(7-3-1)15-26-17-21-14-19(26)16-24-10-5-11-25(13-12-24)20-22-8-4-9-23-20/h1-4,6-9,14,17H,5,10-13,15-16H2. The monoisotopic (exact) mass is 348 g/mol. The van der Waals surface area contributed by atoms with Gasteiger partial charge in [-0.25, -0.2) is 15.0 Å². The number of aromatic nitrogens is 4. The van der Waals surface area contributed by atoms with Crippen molar-refractivity contribution in [1.29, 1.82) is 0 Å². The maximum atomic E-state index is 4.39. The fraction of sp³-hybridized carbons (Fsp3) is 0.350. The first-order chi connectivity index (χ1) is 12.9. The van der Waals surface area contributed by atoms with Crippen LogP contribution in [0, 0.1) is 0 Å².